The summed E-state index contributed by atoms with van der Waals surface area (Å²) in [6.07, 6.45) is 1.79. The maximum Gasteiger partial charge on any atom is 0.256 e. The number of carbonyl (C=O) groups is 3. The lowest BCUT2D eigenvalue weighted by molar-refractivity contribution is 0.0975. The molecule has 0 unspecified atom stereocenters. The van der Waals surface area contributed by atoms with E-state index in [0.717, 1.165) is 0 Å². The quantitative estimate of drug-likeness (QED) is 0.510. The lowest BCUT2D eigenvalue weighted by Crippen LogP contribution is -2.24. The molecule has 0 bridgehead atoms. The number of anilines is 1. The van der Waals surface area contributed by atoms with Gasteiger partial charge in [-0.05, 0) is 30.5 Å². The van der Waals surface area contributed by atoms with E-state index >= 15 is 0 Å². The second-order valence-corrected chi connectivity index (χ2v) is 7.28. The largest absolute Gasteiger partial charge is 0.497 e. The molecule has 3 aromatic carbocycles. The predicted molar refractivity (Wildman–Crippen MR) is 112 cm³/mol. The summed E-state index contributed by atoms with van der Waals surface area (Å²) < 4.78 is 5.18. The van der Waals surface area contributed by atoms with Crippen LogP contribution in [0.15, 0.2) is 65.6 Å². The van der Waals surface area contributed by atoms with Crippen molar-refractivity contribution < 1.29 is 19.1 Å². The van der Waals surface area contributed by atoms with Crippen molar-refractivity contribution in [1.29, 1.82) is 0 Å². The van der Waals surface area contributed by atoms with Crippen LogP contribution in [0, 0.1) is 0 Å². The zero-order valence-corrected chi connectivity index (χ0v) is 16.6. The first kappa shape index (κ1) is 19.0. The number of carbonyl (C=O) groups excluding carboxylic acids is 3. The van der Waals surface area contributed by atoms with Crippen LogP contribution in [0.1, 0.15) is 42.2 Å². The average Bonchev–Trinajstić information content (AvgIpc) is 2.76. The van der Waals surface area contributed by atoms with E-state index in [0.29, 0.717) is 44.1 Å². The van der Waals surface area contributed by atoms with Gasteiger partial charge in [-0.15, -0.1) is 11.8 Å². The summed E-state index contributed by atoms with van der Waals surface area (Å²) in [5, 5.41) is 2.83. The van der Waals surface area contributed by atoms with Gasteiger partial charge in [0, 0.05) is 38.9 Å². The Balaban J connectivity index is 1.78. The number of amides is 1. The number of hydrogen-bond donors (Lipinski definition) is 1. The number of nitrogens with one attached hydrogen (secondary N) is 1. The van der Waals surface area contributed by atoms with Crippen molar-refractivity contribution in [3.8, 4) is 5.75 Å². The van der Waals surface area contributed by atoms with Crippen molar-refractivity contribution in [2.24, 2.45) is 0 Å². The molecule has 0 fully saturated rings. The molecule has 0 radical (unpaired) electrons. The molecule has 0 heterocycles. The number of ether oxygens (including phenoxy) is 1. The van der Waals surface area contributed by atoms with E-state index in [1.165, 1.54) is 11.8 Å². The summed E-state index contributed by atoms with van der Waals surface area (Å²) in [7, 11) is 1.55. The number of hydrogen-bond acceptors (Lipinski definition) is 5. The van der Waals surface area contributed by atoms with E-state index < -0.39 is 0 Å². The SMILES string of the molecule is COc1cccc(NC(=O)c2ccc3c(c2SC)C(=O)c2ccccc2C3=O)c1. The lowest BCUT2D eigenvalue weighted by Gasteiger charge is -2.21. The van der Waals surface area contributed by atoms with Crippen LogP contribution in [0.4, 0.5) is 5.69 Å². The van der Waals surface area contributed by atoms with Crippen LogP contribution in [-0.4, -0.2) is 30.8 Å². The fraction of sp³-hybridized carbons (Fsp3) is 0.0870. The van der Waals surface area contributed by atoms with Gasteiger partial charge in [-0.25, -0.2) is 0 Å². The highest BCUT2D eigenvalue weighted by Crippen LogP contribution is 2.36. The summed E-state index contributed by atoms with van der Waals surface area (Å²) >= 11 is 1.28. The first-order valence-electron chi connectivity index (χ1n) is 8.90. The fourth-order valence-corrected chi connectivity index (χ4v) is 4.23. The Bertz CT molecular complexity index is 1170. The number of fused-ring (bicyclic) bond motifs is 2. The summed E-state index contributed by atoms with van der Waals surface area (Å²) in [5.74, 6) is -0.180. The Morgan fingerprint density at radius 2 is 1.62 bits per heavy atom. The minimum absolute atomic E-state index is 0.203. The highest BCUT2D eigenvalue weighted by molar-refractivity contribution is 7.98. The normalized spacial score (nSPS) is 12.2. The molecule has 144 valence electrons. The minimum Gasteiger partial charge on any atom is -0.497 e. The molecule has 1 aliphatic rings. The van der Waals surface area contributed by atoms with E-state index in [-0.39, 0.29) is 17.5 Å². The van der Waals surface area contributed by atoms with Gasteiger partial charge in [-0.3, -0.25) is 14.4 Å². The van der Waals surface area contributed by atoms with E-state index in [9.17, 15) is 14.4 Å². The maximum absolute atomic E-state index is 13.1. The zero-order valence-electron chi connectivity index (χ0n) is 15.8. The van der Waals surface area contributed by atoms with Crippen LogP contribution in [0.2, 0.25) is 0 Å². The van der Waals surface area contributed by atoms with Gasteiger partial charge in [0.2, 0.25) is 0 Å². The smallest absolute Gasteiger partial charge is 0.256 e. The van der Waals surface area contributed by atoms with Gasteiger partial charge >= 0.3 is 0 Å². The zero-order chi connectivity index (χ0) is 20.5. The molecule has 5 nitrogen and oxygen atoms in total. The van der Waals surface area contributed by atoms with Crippen LogP contribution in [0.3, 0.4) is 0 Å². The molecule has 3 aromatic rings. The molecule has 0 spiro atoms. The van der Waals surface area contributed by atoms with Gasteiger partial charge in [-0.1, -0.05) is 30.3 Å². The van der Waals surface area contributed by atoms with E-state index in [1.807, 2.05) is 0 Å². The Kier molecular flexibility index (Phi) is 4.94. The van der Waals surface area contributed by atoms with Crippen LogP contribution in [-0.2, 0) is 0 Å². The van der Waals surface area contributed by atoms with Crippen molar-refractivity contribution in [3.05, 3.63) is 88.5 Å². The molecule has 0 aliphatic heterocycles. The highest BCUT2D eigenvalue weighted by Gasteiger charge is 2.33. The monoisotopic (exact) mass is 403 g/mol. The lowest BCUT2D eigenvalue weighted by atomic mass is 9.83. The molecule has 4 rings (SSSR count). The number of thioether (sulfide) groups is 1. The average molecular weight is 403 g/mol. The third kappa shape index (κ3) is 3.21. The van der Waals surface area contributed by atoms with Crippen molar-refractivity contribution in [2.45, 2.75) is 4.90 Å². The standard InChI is InChI=1S/C23H17NO4S/c1-28-14-7-5-6-13(12-14)24-23(27)18-11-10-17-19(22(18)29-2)21(26)16-9-4-3-8-15(16)20(17)25/h3-12H,1-2H3,(H,24,27). The summed E-state index contributed by atoms with van der Waals surface area (Å²) in [5.41, 5.74) is 2.30. The van der Waals surface area contributed by atoms with Crippen molar-refractivity contribution in [3.63, 3.8) is 0 Å². The van der Waals surface area contributed by atoms with Crippen LogP contribution in [0.25, 0.3) is 0 Å². The molecular weight excluding hydrogens is 386 g/mol. The van der Waals surface area contributed by atoms with Crippen LogP contribution in [0.5, 0.6) is 5.75 Å². The van der Waals surface area contributed by atoms with Gasteiger partial charge in [-0.2, -0.15) is 0 Å². The number of methoxy groups -OCH3 is 1. The second kappa shape index (κ2) is 7.56. The Labute approximate surface area is 172 Å². The number of rotatable bonds is 4. The summed E-state index contributed by atoms with van der Waals surface area (Å²) in [6.45, 7) is 0. The molecule has 1 N–H and O–H groups in total. The Morgan fingerprint density at radius 1 is 0.897 bits per heavy atom. The number of ketones is 2. The van der Waals surface area contributed by atoms with Crippen molar-refractivity contribution in [2.75, 3.05) is 18.7 Å². The first-order valence-corrected chi connectivity index (χ1v) is 10.1. The summed E-state index contributed by atoms with van der Waals surface area (Å²) in [4.78, 5) is 39.5. The topological polar surface area (TPSA) is 72.5 Å². The van der Waals surface area contributed by atoms with Gasteiger partial charge in [0.25, 0.3) is 5.91 Å². The summed E-state index contributed by atoms with van der Waals surface area (Å²) in [6, 6.07) is 16.9. The molecule has 0 atom stereocenters. The Hall–Kier alpha value is -3.38. The van der Waals surface area contributed by atoms with Gasteiger partial charge in [0.05, 0.1) is 12.7 Å². The molecule has 1 aliphatic carbocycles. The van der Waals surface area contributed by atoms with E-state index in [2.05, 4.69) is 5.32 Å². The molecule has 0 saturated carbocycles. The predicted octanol–water partition coefficient (Wildman–Crippen LogP) is 4.44. The van der Waals surface area contributed by atoms with Crippen LogP contribution >= 0.6 is 11.8 Å². The maximum atomic E-state index is 13.1. The number of benzene rings is 3. The van der Waals surface area contributed by atoms with Gasteiger partial charge in [0.1, 0.15) is 5.75 Å². The molecular formula is C23H17NO4S. The molecule has 29 heavy (non-hydrogen) atoms. The fourth-order valence-electron chi connectivity index (χ4n) is 3.45. The molecule has 0 saturated heterocycles. The second-order valence-electron chi connectivity index (χ2n) is 6.46. The molecule has 1 amide bonds. The van der Waals surface area contributed by atoms with Crippen molar-refractivity contribution in [1.82, 2.24) is 0 Å². The first-order chi connectivity index (χ1) is 14.0. The van der Waals surface area contributed by atoms with Gasteiger partial charge in [0.15, 0.2) is 11.6 Å². The van der Waals surface area contributed by atoms with Crippen LogP contribution < -0.4 is 10.1 Å². The Morgan fingerprint density at radius 3 is 2.31 bits per heavy atom. The molecule has 6 heteroatoms. The van der Waals surface area contributed by atoms with Crippen molar-refractivity contribution >= 4 is 34.9 Å². The van der Waals surface area contributed by atoms with E-state index in [4.69, 9.17) is 4.74 Å². The highest BCUT2D eigenvalue weighted by atomic mass is 32.2. The molecule has 0 aromatic heterocycles. The third-order valence-corrected chi connectivity index (χ3v) is 5.65. The van der Waals surface area contributed by atoms with Gasteiger partial charge < -0.3 is 10.1 Å². The minimum atomic E-state index is -0.357. The van der Waals surface area contributed by atoms with E-state index in [1.54, 1.807) is 74.0 Å². The third-order valence-electron chi connectivity index (χ3n) is 4.82.